The van der Waals surface area contributed by atoms with E-state index in [4.69, 9.17) is 14.2 Å². The van der Waals surface area contributed by atoms with Crippen LogP contribution in [0, 0.1) is 0 Å². The Morgan fingerprint density at radius 1 is 0.925 bits per heavy atom. The maximum atomic E-state index is 12.2. The van der Waals surface area contributed by atoms with Gasteiger partial charge >= 0.3 is 0 Å². The minimum atomic E-state index is -0.761. The first-order valence-corrected chi connectivity index (χ1v) is 13.9. The predicted octanol–water partition coefficient (Wildman–Crippen LogP) is 8.72. The number of benzene rings is 3. The summed E-state index contributed by atoms with van der Waals surface area (Å²) in [6, 6.07) is 20.7. The molecule has 40 heavy (non-hydrogen) atoms. The van der Waals surface area contributed by atoms with Crippen molar-refractivity contribution in [2.24, 2.45) is 0 Å². The number of fused-ring (bicyclic) bond motifs is 1. The van der Waals surface area contributed by atoms with Crippen molar-refractivity contribution in [3.05, 3.63) is 107 Å². The zero-order chi connectivity index (χ0) is 28.5. The molecule has 208 valence electrons. The third-order valence-electron chi connectivity index (χ3n) is 7.28. The lowest BCUT2D eigenvalue weighted by Gasteiger charge is -2.43. The van der Waals surface area contributed by atoms with E-state index >= 15 is 0 Å². The summed E-state index contributed by atoms with van der Waals surface area (Å²) in [5.41, 5.74) is 3.08. The van der Waals surface area contributed by atoms with Crippen molar-refractivity contribution in [2.45, 2.75) is 71.5 Å². The number of carbonyl (C=O) groups is 2. The van der Waals surface area contributed by atoms with Crippen LogP contribution in [-0.2, 0) is 6.42 Å². The monoisotopic (exact) mass is 538 g/mol. The van der Waals surface area contributed by atoms with Crippen LogP contribution in [0.2, 0.25) is 0 Å². The molecule has 0 saturated carbocycles. The summed E-state index contributed by atoms with van der Waals surface area (Å²) >= 11 is 0. The van der Waals surface area contributed by atoms with Crippen LogP contribution in [0.4, 0.5) is 0 Å². The highest BCUT2D eigenvalue weighted by atomic mass is 16.6. The second-order valence-corrected chi connectivity index (χ2v) is 10.8. The van der Waals surface area contributed by atoms with Crippen molar-refractivity contribution in [2.75, 3.05) is 0 Å². The topological polar surface area (TPSA) is 61.8 Å². The van der Waals surface area contributed by atoms with Gasteiger partial charge in [-0.25, -0.2) is 0 Å². The minimum absolute atomic E-state index is 0.236. The third-order valence-corrected chi connectivity index (χ3v) is 7.28. The largest absolute Gasteiger partial charge is 0.486 e. The average Bonchev–Trinajstić information content (AvgIpc) is 2.94. The van der Waals surface area contributed by atoms with Crippen LogP contribution in [0.5, 0.6) is 23.0 Å². The first-order valence-electron chi connectivity index (χ1n) is 13.9. The lowest BCUT2D eigenvalue weighted by Crippen LogP contribution is -2.52. The Hall–Kier alpha value is -4.12. The van der Waals surface area contributed by atoms with Crippen LogP contribution < -0.4 is 14.2 Å². The normalized spacial score (nSPS) is 18.2. The van der Waals surface area contributed by atoms with Crippen LogP contribution in [0.3, 0.4) is 0 Å². The van der Waals surface area contributed by atoms with E-state index in [-0.39, 0.29) is 17.2 Å². The summed E-state index contributed by atoms with van der Waals surface area (Å²) < 4.78 is 19.5. The Labute approximate surface area is 237 Å². The van der Waals surface area contributed by atoms with Crippen LogP contribution >= 0.6 is 0 Å². The van der Waals surface area contributed by atoms with Gasteiger partial charge < -0.3 is 14.2 Å². The molecule has 4 rings (SSSR count). The Morgan fingerprint density at radius 3 is 2.23 bits per heavy atom. The highest BCUT2D eigenvalue weighted by Crippen LogP contribution is 2.45. The SMILES string of the molecule is CC(C)=CCC/C(C)=C/CCC1(C)Oc2c(C=O)c(C=O)cc(Oc3ccccc3)c2CC1Oc1ccccc1. The van der Waals surface area contributed by atoms with Gasteiger partial charge in [-0.15, -0.1) is 0 Å². The number of rotatable bonds is 12. The molecule has 1 heterocycles. The summed E-state index contributed by atoms with van der Waals surface area (Å²) in [6.07, 6.45) is 9.46. The number of hydrogen-bond donors (Lipinski definition) is 0. The third kappa shape index (κ3) is 7.09. The highest BCUT2D eigenvalue weighted by molar-refractivity contribution is 5.94. The van der Waals surface area contributed by atoms with Crippen molar-refractivity contribution in [1.82, 2.24) is 0 Å². The highest BCUT2D eigenvalue weighted by Gasteiger charge is 2.44. The predicted molar refractivity (Wildman–Crippen MR) is 159 cm³/mol. The molecular formula is C35H38O5. The number of hydrogen-bond acceptors (Lipinski definition) is 5. The van der Waals surface area contributed by atoms with Crippen LogP contribution in [0.25, 0.3) is 0 Å². The number of allylic oxidation sites excluding steroid dienone is 4. The second kappa shape index (κ2) is 13.3. The fourth-order valence-corrected chi connectivity index (χ4v) is 4.98. The Balaban J connectivity index is 1.70. The van der Waals surface area contributed by atoms with Crippen LogP contribution in [0.15, 0.2) is 90.0 Å². The first kappa shape index (κ1) is 28.9. The van der Waals surface area contributed by atoms with Crippen LogP contribution in [0.1, 0.15) is 79.7 Å². The van der Waals surface area contributed by atoms with E-state index in [1.54, 1.807) is 6.07 Å². The molecule has 0 spiro atoms. The molecule has 0 aromatic heterocycles. The molecule has 0 aliphatic carbocycles. The zero-order valence-electron chi connectivity index (χ0n) is 23.8. The summed E-state index contributed by atoms with van der Waals surface area (Å²) in [4.78, 5) is 24.3. The minimum Gasteiger partial charge on any atom is -0.486 e. The fraction of sp³-hybridized carbons (Fsp3) is 0.314. The first-order chi connectivity index (χ1) is 19.3. The molecule has 2 unspecified atom stereocenters. The molecule has 1 aliphatic rings. The van der Waals surface area contributed by atoms with Gasteiger partial charge in [0, 0.05) is 17.5 Å². The van der Waals surface area contributed by atoms with Gasteiger partial charge in [0.1, 0.15) is 34.7 Å². The van der Waals surface area contributed by atoms with Gasteiger partial charge in [-0.1, -0.05) is 59.7 Å². The quantitative estimate of drug-likeness (QED) is 0.170. The molecule has 0 radical (unpaired) electrons. The molecule has 1 aliphatic heterocycles. The molecule has 0 fully saturated rings. The van der Waals surface area contributed by atoms with Gasteiger partial charge in [0.05, 0.1) is 5.56 Å². The molecule has 5 nitrogen and oxygen atoms in total. The molecule has 0 amide bonds. The fourth-order valence-electron chi connectivity index (χ4n) is 4.98. The number of aldehydes is 2. The number of para-hydroxylation sites is 2. The van der Waals surface area contributed by atoms with Crippen LogP contribution in [-0.4, -0.2) is 24.3 Å². The zero-order valence-corrected chi connectivity index (χ0v) is 23.8. The molecular weight excluding hydrogens is 500 g/mol. The number of carbonyl (C=O) groups excluding carboxylic acids is 2. The van der Waals surface area contributed by atoms with Gasteiger partial charge in [0.2, 0.25) is 0 Å². The maximum absolute atomic E-state index is 12.2. The van der Waals surface area contributed by atoms with E-state index in [1.165, 1.54) is 11.1 Å². The average molecular weight is 539 g/mol. The maximum Gasteiger partial charge on any atom is 0.154 e. The molecule has 0 N–H and O–H groups in total. The molecule has 3 aromatic rings. The van der Waals surface area contributed by atoms with E-state index in [9.17, 15) is 9.59 Å². The van der Waals surface area contributed by atoms with Crippen molar-refractivity contribution in [3.8, 4) is 23.0 Å². The lowest BCUT2D eigenvalue weighted by molar-refractivity contribution is -0.0460. The molecule has 0 saturated heterocycles. The van der Waals surface area contributed by atoms with Crippen molar-refractivity contribution >= 4 is 12.6 Å². The molecule has 0 bridgehead atoms. The summed E-state index contributed by atoms with van der Waals surface area (Å²) in [7, 11) is 0. The van der Waals surface area contributed by atoms with Crippen molar-refractivity contribution in [3.63, 3.8) is 0 Å². The lowest BCUT2D eigenvalue weighted by atomic mass is 9.83. The molecule has 5 heteroatoms. The summed E-state index contributed by atoms with van der Waals surface area (Å²) in [5.74, 6) is 2.24. The Morgan fingerprint density at radius 2 is 1.60 bits per heavy atom. The Kier molecular flexibility index (Phi) is 9.60. The standard InChI is InChI=1S/C35H38O5/c1-25(2)13-11-14-26(3)15-12-20-35(4)33(39-29-18-9-6-10-19-29)22-30-32(38-28-16-7-5-8-17-28)21-27(23-36)31(24-37)34(30)40-35/h5-10,13,15-19,21,23-24,33H,11-12,14,20,22H2,1-4H3/b26-15+. The van der Waals surface area contributed by atoms with E-state index in [0.717, 1.165) is 25.0 Å². The van der Waals surface area contributed by atoms with E-state index in [0.29, 0.717) is 48.2 Å². The van der Waals surface area contributed by atoms with Gasteiger partial charge in [-0.2, -0.15) is 0 Å². The van der Waals surface area contributed by atoms with E-state index < -0.39 is 5.60 Å². The molecule has 2 atom stereocenters. The van der Waals surface area contributed by atoms with Gasteiger partial charge in [-0.3, -0.25) is 9.59 Å². The van der Waals surface area contributed by atoms with Gasteiger partial charge in [-0.05, 0) is 83.7 Å². The van der Waals surface area contributed by atoms with E-state index in [1.807, 2.05) is 67.6 Å². The van der Waals surface area contributed by atoms with E-state index in [2.05, 4.69) is 32.9 Å². The summed E-state index contributed by atoms with van der Waals surface area (Å²) in [6.45, 7) is 8.41. The number of ether oxygens (including phenoxy) is 3. The van der Waals surface area contributed by atoms with Gasteiger partial charge in [0.25, 0.3) is 0 Å². The summed E-state index contributed by atoms with van der Waals surface area (Å²) in [5, 5.41) is 0. The molecule has 3 aromatic carbocycles. The smallest absolute Gasteiger partial charge is 0.154 e. The second-order valence-electron chi connectivity index (χ2n) is 10.8. The van der Waals surface area contributed by atoms with Gasteiger partial charge in [0.15, 0.2) is 12.6 Å². The van der Waals surface area contributed by atoms with Crippen molar-refractivity contribution < 1.29 is 23.8 Å². The Bertz CT molecular complexity index is 1370. The van der Waals surface area contributed by atoms with Crippen molar-refractivity contribution in [1.29, 1.82) is 0 Å².